The van der Waals surface area contributed by atoms with Gasteiger partial charge in [-0.2, -0.15) is 4.31 Å². The SMILES string of the molecule is O=C(Nc1ccc(-c2nccs2)cc1)[C@H]1CCCN1S(=O)(=O)c1ccc(F)cc1. The number of thiazole rings is 1. The molecule has 0 saturated carbocycles. The average Bonchev–Trinajstić information content (AvgIpc) is 3.41. The third kappa shape index (κ3) is 4.07. The molecule has 4 rings (SSSR count). The van der Waals surface area contributed by atoms with E-state index in [4.69, 9.17) is 0 Å². The summed E-state index contributed by atoms with van der Waals surface area (Å²) >= 11 is 1.52. The fraction of sp³-hybridized carbons (Fsp3) is 0.200. The van der Waals surface area contributed by atoms with E-state index in [1.807, 2.05) is 17.5 Å². The maximum atomic E-state index is 13.1. The molecule has 9 heteroatoms. The summed E-state index contributed by atoms with van der Waals surface area (Å²) in [5.74, 6) is -0.893. The Balaban J connectivity index is 1.50. The lowest BCUT2D eigenvalue weighted by Crippen LogP contribution is -2.43. The van der Waals surface area contributed by atoms with Gasteiger partial charge in [0.25, 0.3) is 0 Å². The Kier molecular flexibility index (Phi) is 5.44. The minimum Gasteiger partial charge on any atom is -0.325 e. The molecular weight excluding hydrogens is 413 g/mol. The van der Waals surface area contributed by atoms with E-state index in [1.54, 1.807) is 18.3 Å². The van der Waals surface area contributed by atoms with Crippen molar-refractivity contribution in [3.63, 3.8) is 0 Å². The van der Waals surface area contributed by atoms with Crippen LogP contribution in [0.3, 0.4) is 0 Å². The molecule has 1 fully saturated rings. The van der Waals surface area contributed by atoms with Crippen molar-refractivity contribution < 1.29 is 17.6 Å². The summed E-state index contributed by atoms with van der Waals surface area (Å²) in [5.41, 5.74) is 1.53. The number of halogens is 1. The van der Waals surface area contributed by atoms with Crippen molar-refractivity contribution in [2.45, 2.75) is 23.8 Å². The van der Waals surface area contributed by atoms with Crippen LogP contribution in [0, 0.1) is 5.82 Å². The molecule has 1 aromatic heterocycles. The van der Waals surface area contributed by atoms with Gasteiger partial charge < -0.3 is 5.32 Å². The predicted octanol–water partition coefficient (Wildman–Crippen LogP) is 3.74. The summed E-state index contributed by atoms with van der Waals surface area (Å²) < 4.78 is 40.1. The van der Waals surface area contributed by atoms with Gasteiger partial charge in [0.15, 0.2) is 0 Å². The number of sulfonamides is 1. The van der Waals surface area contributed by atoms with Crippen molar-refractivity contribution in [3.05, 3.63) is 65.9 Å². The molecule has 1 amide bonds. The van der Waals surface area contributed by atoms with Gasteiger partial charge in [0, 0.05) is 29.4 Å². The Morgan fingerprint density at radius 3 is 2.52 bits per heavy atom. The van der Waals surface area contributed by atoms with Crippen LogP contribution in [0.25, 0.3) is 10.6 Å². The van der Waals surface area contributed by atoms with Crippen LogP contribution in [0.1, 0.15) is 12.8 Å². The summed E-state index contributed by atoms with van der Waals surface area (Å²) in [7, 11) is -3.88. The Morgan fingerprint density at radius 2 is 1.86 bits per heavy atom. The van der Waals surface area contributed by atoms with Gasteiger partial charge in [0.05, 0.1) is 4.90 Å². The number of aromatic nitrogens is 1. The number of carbonyl (C=O) groups is 1. The van der Waals surface area contributed by atoms with Crippen LogP contribution < -0.4 is 5.32 Å². The molecule has 150 valence electrons. The third-order valence-electron chi connectivity index (χ3n) is 4.76. The Labute approximate surface area is 172 Å². The highest BCUT2D eigenvalue weighted by Crippen LogP contribution is 2.28. The first-order chi connectivity index (χ1) is 13.9. The molecule has 6 nitrogen and oxygen atoms in total. The second kappa shape index (κ2) is 8.02. The maximum Gasteiger partial charge on any atom is 0.243 e. The fourth-order valence-electron chi connectivity index (χ4n) is 3.32. The van der Waals surface area contributed by atoms with Crippen LogP contribution in [-0.2, 0) is 14.8 Å². The molecule has 0 radical (unpaired) electrons. The monoisotopic (exact) mass is 431 g/mol. The zero-order chi connectivity index (χ0) is 20.4. The minimum absolute atomic E-state index is 0.0219. The van der Waals surface area contributed by atoms with Gasteiger partial charge in [-0.1, -0.05) is 0 Å². The van der Waals surface area contributed by atoms with E-state index in [2.05, 4.69) is 10.3 Å². The number of rotatable bonds is 5. The summed E-state index contributed by atoms with van der Waals surface area (Å²) in [6.45, 7) is 0.251. The van der Waals surface area contributed by atoms with Gasteiger partial charge in [0.1, 0.15) is 16.9 Å². The van der Waals surface area contributed by atoms with Crippen LogP contribution in [0.2, 0.25) is 0 Å². The molecule has 2 heterocycles. The number of anilines is 1. The van der Waals surface area contributed by atoms with Gasteiger partial charge in [-0.15, -0.1) is 11.3 Å². The van der Waals surface area contributed by atoms with Crippen LogP contribution >= 0.6 is 11.3 Å². The van der Waals surface area contributed by atoms with Crippen molar-refractivity contribution in [3.8, 4) is 10.6 Å². The van der Waals surface area contributed by atoms with E-state index in [9.17, 15) is 17.6 Å². The highest BCUT2D eigenvalue weighted by atomic mass is 32.2. The van der Waals surface area contributed by atoms with E-state index >= 15 is 0 Å². The van der Waals surface area contributed by atoms with Crippen molar-refractivity contribution in [1.29, 1.82) is 0 Å². The topological polar surface area (TPSA) is 79.4 Å². The lowest BCUT2D eigenvalue weighted by atomic mass is 10.2. The number of amides is 1. The molecule has 1 aliphatic rings. The number of nitrogens with one attached hydrogen (secondary N) is 1. The summed E-state index contributed by atoms with van der Waals surface area (Å²) in [6.07, 6.45) is 2.75. The second-order valence-electron chi connectivity index (χ2n) is 6.63. The first-order valence-corrected chi connectivity index (χ1v) is 11.4. The largest absolute Gasteiger partial charge is 0.325 e. The normalized spacial score (nSPS) is 17.3. The maximum absolute atomic E-state index is 13.1. The van der Waals surface area contributed by atoms with Crippen molar-refractivity contribution in [2.75, 3.05) is 11.9 Å². The molecule has 2 aromatic carbocycles. The third-order valence-corrected chi connectivity index (χ3v) is 7.50. The fourth-order valence-corrected chi connectivity index (χ4v) is 5.62. The first-order valence-electron chi connectivity index (χ1n) is 9.03. The first kappa shape index (κ1) is 19.7. The smallest absolute Gasteiger partial charge is 0.243 e. The molecule has 0 aliphatic carbocycles. The van der Waals surface area contributed by atoms with E-state index < -0.39 is 21.9 Å². The zero-order valence-corrected chi connectivity index (χ0v) is 16.9. The van der Waals surface area contributed by atoms with Gasteiger partial charge in [-0.25, -0.2) is 17.8 Å². The lowest BCUT2D eigenvalue weighted by molar-refractivity contribution is -0.119. The molecule has 1 N–H and O–H groups in total. The Hall–Kier alpha value is -2.62. The molecule has 29 heavy (non-hydrogen) atoms. The quantitative estimate of drug-likeness (QED) is 0.667. The van der Waals surface area contributed by atoms with Gasteiger partial charge in [-0.3, -0.25) is 4.79 Å². The lowest BCUT2D eigenvalue weighted by Gasteiger charge is -2.23. The Bertz CT molecular complexity index is 1100. The Morgan fingerprint density at radius 1 is 1.14 bits per heavy atom. The highest BCUT2D eigenvalue weighted by molar-refractivity contribution is 7.89. The summed E-state index contributed by atoms with van der Waals surface area (Å²) in [4.78, 5) is 17.0. The molecule has 3 aromatic rings. The number of hydrogen-bond acceptors (Lipinski definition) is 5. The minimum atomic E-state index is -3.88. The van der Waals surface area contributed by atoms with Crippen LogP contribution in [0.15, 0.2) is 65.0 Å². The zero-order valence-electron chi connectivity index (χ0n) is 15.3. The van der Waals surface area contributed by atoms with Gasteiger partial charge >= 0.3 is 0 Å². The second-order valence-corrected chi connectivity index (χ2v) is 9.42. The standard InChI is InChI=1S/C20H18FN3O3S2/c21-15-5-9-17(10-6-15)29(26,27)24-12-1-2-18(24)19(25)23-16-7-3-14(4-8-16)20-22-11-13-28-20/h3-11,13,18H,1-2,12H2,(H,23,25)/t18-/m1/s1. The summed E-state index contributed by atoms with van der Waals surface area (Å²) in [5, 5.41) is 5.57. The van der Waals surface area contributed by atoms with E-state index in [0.29, 0.717) is 18.5 Å². The van der Waals surface area contributed by atoms with Gasteiger partial charge in [-0.05, 0) is 61.4 Å². The number of benzene rings is 2. The van der Waals surface area contributed by atoms with Gasteiger partial charge in [0.2, 0.25) is 15.9 Å². The predicted molar refractivity (Wildman–Crippen MR) is 109 cm³/mol. The average molecular weight is 432 g/mol. The van der Waals surface area contributed by atoms with Crippen molar-refractivity contribution >= 4 is 33.0 Å². The molecule has 1 atom stereocenters. The van der Waals surface area contributed by atoms with Crippen LogP contribution in [0.5, 0.6) is 0 Å². The molecule has 0 bridgehead atoms. The highest BCUT2D eigenvalue weighted by Gasteiger charge is 2.39. The molecule has 1 saturated heterocycles. The van der Waals surface area contributed by atoms with E-state index in [0.717, 1.165) is 22.7 Å². The van der Waals surface area contributed by atoms with Crippen LogP contribution in [0.4, 0.5) is 10.1 Å². The number of nitrogens with zero attached hydrogens (tertiary/aromatic N) is 2. The molecule has 0 unspecified atom stereocenters. The van der Waals surface area contributed by atoms with E-state index in [1.165, 1.54) is 27.8 Å². The molecule has 0 spiro atoms. The molecular formula is C20H18FN3O3S2. The van der Waals surface area contributed by atoms with Crippen LogP contribution in [-0.4, -0.2) is 36.2 Å². The molecule has 1 aliphatic heterocycles. The van der Waals surface area contributed by atoms with E-state index in [-0.39, 0.29) is 17.3 Å². The van der Waals surface area contributed by atoms with Crippen molar-refractivity contribution in [1.82, 2.24) is 9.29 Å². The van der Waals surface area contributed by atoms with Crippen molar-refractivity contribution in [2.24, 2.45) is 0 Å². The number of hydrogen-bond donors (Lipinski definition) is 1. The number of carbonyl (C=O) groups excluding carboxylic acids is 1. The summed E-state index contributed by atoms with van der Waals surface area (Å²) in [6, 6.07) is 11.1.